The summed E-state index contributed by atoms with van der Waals surface area (Å²) in [6.07, 6.45) is 1.19. The van der Waals surface area contributed by atoms with Gasteiger partial charge in [0.2, 0.25) is 10.0 Å². The first-order valence-corrected chi connectivity index (χ1v) is 12.5. The average Bonchev–Trinajstić information content (AvgIpc) is 2.76. The van der Waals surface area contributed by atoms with E-state index in [0.29, 0.717) is 17.8 Å². The van der Waals surface area contributed by atoms with Crippen molar-refractivity contribution in [1.82, 2.24) is 5.32 Å². The van der Waals surface area contributed by atoms with Crippen LogP contribution in [0, 0.1) is 0 Å². The van der Waals surface area contributed by atoms with Gasteiger partial charge in [0.25, 0.3) is 5.91 Å². The fourth-order valence-electron chi connectivity index (χ4n) is 3.18. The number of sulfonamides is 1. The van der Waals surface area contributed by atoms with Crippen molar-refractivity contribution in [3.05, 3.63) is 100 Å². The van der Waals surface area contributed by atoms with Crippen molar-refractivity contribution in [1.29, 1.82) is 0 Å². The van der Waals surface area contributed by atoms with Crippen LogP contribution in [-0.4, -0.2) is 27.1 Å². The molecular formula is C24H25BrN2O3S. The number of hydrogen-bond acceptors (Lipinski definition) is 3. The zero-order valence-electron chi connectivity index (χ0n) is 17.5. The minimum absolute atomic E-state index is 0.151. The molecule has 0 aliphatic carbocycles. The number of anilines is 1. The van der Waals surface area contributed by atoms with Gasteiger partial charge in [-0.05, 0) is 53.4 Å². The van der Waals surface area contributed by atoms with Crippen LogP contribution in [0.5, 0.6) is 0 Å². The van der Waals surface area contributed by atoms with Crippen LogP contribution in [0.25, 0.3) is 0 Å². The van der Waals surface area contributed by atoms with Crippen molar-refractivity contribution in [2.24, 2.45) is 0 Å². The van der Waals surface area contributed by atoms with Gasteiger partial charge in [0, 0.05) is 16.6 Å². The lowest BCUT2D eigenvalue weighted by Gasteiger charge is -2.22. The van der Waals surface area contributed by atoms with Gasteiger partial charge in [-0.3, -0.25) is 9.10 Å². The maximum atomic E-state index is 12.5. The summed E-state index contributed by atoms with van der Waals surface area (Å²) in [4.78, 5) is 12.5. The van der Waals surface area contributed by atoms with E-state index >= 15 is 0 Å². The summed E-state index contributed by atoms with van der Waals surface area (Å²) in [6.45, 7) is 2.80. The van der Waals surface area contributed by atoms with Crippen LogP contribution in [0.1, 0.15) is 34.3 Å². The molecule has 3 aromatic carbocycles. The number of amides is 1. The maximum Gasteiger partial charge on any atom is 0.251 e. The maximum absolute atomic E-state index is 12.5. The Kier molecular flexibility index (Phi) is 7.51. The molecule has 0 radical (unpaired) electrons. The van der Waals surface area contributed by atoms with Gasteiger partial charge in [-0.15, -0.1) is 0 Å². The Labute approximate surface area is 192 Å². The number of benzene rings is 3. The standard InChI is InChI=1S/C24H25BrN2O3S/c1-18(20-6-4-3-5-7-20)16-26-24(28)21-10-8-19(9-11-21)17-27(31(2,29)30)23-14-12-22(25)13-15-23/h3-15,18H,16-17H2,1-2H3,(H,26,28)/t18-/m1/s1. The molecular weight excluding hydrogens is 476 g/mol. The van der Waals surface area contributed by atoms with Gasteiger partial charge in [-0.1, -0.05) is 65.3 Å². The highest BCUT2D eigenvalue weighted by molar-refractivity contribution is 9.10. The first-order valence-electron chi connectivity index (χ1n) is 9.89. The van der Waals surface area contributed by atoms with Crippen LogP contribution < -0.4 is 9.62 Å². The third-order valence-corrected chi connectivity index (χ3v) is 6.66. The van der Waals surface area contributed by atoms with Crippen molar-refractivity contribution in [2.45, 2.75) is 19.4 Å². The molecule has 0 bridgehead atoms. The van der Waals surface area contributed by atoms with Crippen LogP contribution in [0.3, 0.4) is 0 Å². The molecule has 0 spiro atoms. The van der Waals surface area contributed by atoms with E-state index in [9.17, 15) is 13.2 Å². The Morgan fingerprint density at radius 3 is 2.16 bits per heavy atom. The lowest BCUT2D eigenvalue weighted by atomic mass is 10.0. The van der Waals surface area contributed by atoms with Gasteiger partial charge in [0.15, 0.2) is 0 Å². The van der Waals surface area contributed by atoms with E-state index in [1.165, 1.54) is 16.1 Å². The van der Waals surface area contributed by atoms with E-state index in [4.69, 9.17) is 0 Å². The first-order chi connectivity index (χ1) is 14.7. The van der Waals surface area contributed by atoms with E-state index < -0.39 is 10.0 Å². The fourth-order valence-corrected chi connectivity index (χ4v) is 4.33. The molecule has 1 atom stereocenters. The number of rotatable bonds is 8. The summed E-state index contributed by atoms with van der Waals surface area (Å²) >= 11 is 3.36. The molecule has 3 aromatic rings. The normalized spacial score (nSPS) is 12.2. The second-order valence-electron chi connectivity index (χ2n) is 7.46. The molecule has 0 aromatic heterocycles. The van der Waals surface area contributed by atoms with Gasteiger partial charge in [0.05, 0.1) is 18.5 Å². The minimum atomic E-state index is -3.46. The molecule has 3 rings (SSSR count). The molecule has 162 valence electrons. The Morgan fingerprint density at radius 1 is 0.968 bits per heavy atom. The summed E-state index contributed by atoms with van der Waals surface area (Å²) in [5.41, 5.74) is 3.09. The monoisotopic (exact) mass is 500 g/mol. The highest BCUT2D eigenvalue weighted by Gasteiger charge is 2.18. The van der Waals surface area contributed by atoms with Gasteiger partial charge in [0.1, 0.15) is 0 Å². The number of carbonyl (C=O) groups excluding carboxylic acids is 1. The molecule has 0 unspecified atom stereocenters. The quantitative estimate of drug-likeness (QED) is 0.475. The molecule has 0 saturated heterocycles. The van der Waals surface area contributed by atoms with Gasteiger partial charge < -0.3 is 5.32 Å². The van der Waals surface area contributed by atoms with Crippen molar-refractivity contribution >= 4 is 37.5 Å². The molecule has 1 N–H and O–H groups in total. The number of hydrogen-bond donors (Lipinski definition) is 1. The van der Waals surface area contributed by atoms with Gasteiger partial charge in [-0.25, -0.2) is 8.42 Å². The summed E-state index contributed by atoms with van der Waals surface area (Å²) in [5.74, 6) is 0.0564. The van der Waals surface area contributed by atoms with Crippen LogP contribution in [0.2, 0.25) is 0 Å². The Morgan fingerprint density at radius 2 is 1.58 bits per heavy atom. The molecule has 0 heterocycles. The van der Waals surface area contributed by atoms with E-state index in [1.807, 2.05) is 30.3 Å². The third-order valence-electron chi connectivity index (χ3n) is 4.99. The Bertz CT molecular complexity index is 1120. The van der Waals surface area contributed by atoms with Crippen LogP contribution in [0.4, 0.5) is 5.69 Å². The molecule has 31 heavy (non-hydrogen) atoms. The first kappa shape index (κ1) is 23.0. The largest absolute Gasteiger partial charge is 0.351 e. The SMILES string of the molecule is C[C@H](CNC(=O)c1ccc(CN(c2ccc(Br)cc2)S(C)(=O)=O)cc1)c1ccccc1. The number of carbonyl (C=O) groups is 1. The van der Waals surface area contributed by atoms with Crippen molar-refractivity contribution in [3.63, 3.8) is 0 Å². The predicted octanol–water partition coefficient (Wildman–Crippen LogP) is 4.95. The zero-order valence-corrected chi connectivity index (χ0v) is 19.9. The van der Waals surface area contributed by atoms with E-state index in [0.717, 1.165) is 10.0 Å². The van der Waals surface area contributed by atoms with Gasteiger partial charge >= 0.3 is 0 Å². The fraction of sp³-hybridized carbons (Fsp3) is 0.208. The molecule has 0 aliphatic heterocycles. The summed E-state index contributed by atoms with van der Waals surface area (Å²) < 4.78 is 26.8. The van der Waals surface area contributed by atoms with E-state index in [2.05, 4.69) is 28.2 Å². The molecule has 0 aliphatic rings. The topological polar surface area (TPSA) is 66.5 Å². The highest BCUT2D eigenvalue weighted by Crippen LogP contribution is 2.23. The van der Waals surface area contributed by atoms with Crippen molar-refractivity contribution < 1.29 is 13.2 Å². The van der Waals surface area contributed by atoms with Crippen molar-refractivity contribution in [3.8, 4) is 0 Å². The smallest absolute Gasteiger partial charge is 0.251 e. The van der Waals surface area contributed by atoms with Crippen molar-refractivity contribution in [2.75, 3.05) is 17.1 Å². The summed E-state index contributed by atoms with van der Waals surface area (Å²) in [6, 6.07) is 24.2. The molecule has 0 saturated carbocycles. The molecule has 1 amide bonds. The van der Waals surface area contributed by atoms with E-state index in [-0.39, 0.29) is 18.4 Å². The second-order valence-corrected chi connectivity index (χ2v) is 10.3. The van der Waals surface area contributed by atoms with Crippen LogP contribution >= 0.6 is 15.9 Å². The Hall–Kier alpha value is -2.64. The average molecular weight is 501 g/mol. The third kappa shape index (κ3) is 6.42. The molecule has 5 nitrogen and oxygen atoms in total. The molecule has 7 heteroatoms. The van der Waals surface area contributed by atoms with Crippen LogP contribution in [0.15, 0.2) is 83.3 Å². The predicted molar refractivity (Wildman–Crippen MR) is 129 cm³/mol. The lowest BCUT2D eigenvalue weighted by molar-refractivity contribution is 0.0951. The van der Waals surface area contributed by atoms with E-state index in [1.54, 1.807) is 48.5 Å². The van der Waals surface area contributed by atoms with Gasteiger partial charge in [-0.2, -0.15) is 0 Å². The second kappa shape index (κ2) is 10.1. The number of nitrogens with zero attached hydrogens (tertiary/aromatic N) is 1. The molecule has 0 fully saturated rings. The number of nitrogens with one attached hydrogen (secondary N) is 1. The number of halogens is 1. The lowest BCUT2D eigenvalue weighted by Crippen LogP contribution is -2.29. The minimum Gasteiger partial charge on any atom is -0.351 e. The van der Waals surface area contributed by atoms with Crippen LogP contribution in [-0.2, 0) is 16.6 Å². The summed E-state index contributed by atoms with van der Waals surface area (Å²) in [7, 11) is -3.46. The summed E-state index contributed by atoms with van der Waals surface area (Å²) in [5, 5.41) is 2.96. The Balaban J connectivity index is 1.65. The zero-order chi connectivity index (χ0) is 22.4. The highest BCUT2D eigenvalue weighted by atomic mass is 79.9.